The van der Waals surface area contributed by atoms with Crippen LogP contribution in [0.2, 0.25) is 0 Å². The molecule has 190 valence electrons. The largest absolute Gasteiger partial charge is 0.471 e. The molecule has 0 bridgehead atoms. The highest BCUT2D eigenvalue weighted by molar-refractivity contribution is 6.09. The molecule has 0 atom stereocenters. The zero-order valence-electron chi connectivity index (χ0n) is 20.0. The molecule has 0 radical (unpaired) electrons. The Morgan fingerprint density at radius 1 is 1.16 bits per heavy atom. The number of aromatic nitrogens is 4. The van der Waals surface area contributed by atoms with Crippen molar-refractivity contribution in [2.75, 3.05) is 19.6 Å². The van der Waals surface area contributed by atoms with Gasteiger partial charge in [0.1, 0.15) is 0 Å². The number of benzene rings is 1. The number of likely N-dealkylation sites (tertiary alicyclic amines) is 1. The highest BCUT2D eigenvalue weighted by atomic mass is 19.4. The van der Waals surface area contributed by atoms with Crippen LogP contribution in [-0.2, 0) is 12.6 Å². The van der Waals surface area contributed by atoms with E-state index in [0.717, 1.165) is 38.0 Å². The number of alkyl halides is 3. The predicted molar refractivity (Wildman–Crippen MR) is 127 cm³/mol. The minimum Gasteiger partial charge on any atom is -0.329 e. The Balaban J connectivity index is 1.57. The van der Waals surface area contributed by atoms with Crippen molar-refractivity contribution in [1.29, 1.82) is 5.26 Å². The third kappa shape index (κ3) is 4.97. The van der Waals surface area contributed by atoms with E-state index in [0.29, 0.717) is 40.0 Å². The number of fused-ring (bicyclic) bond motifs is 1. The summed E-state index contributed by atoms with van der Waals surface area (Å²) in [4.78, 5) is 23.7. The molecule has 0 saturated carbocycles. The van der Waals surface area contributed by atoms with Gasteiger partial charge in [0.05, 0.1) is 34.8 Å². The lowest BCUT2D eigenvalue weighted by Crippen LogP contribution is -2.34. The minimum absolute atomic E-state index is 0.0306. The van der Waals surface area contributed by atoms with Gasteiger partial charge in [0.25, 0.3) is 0 Å². The second kappa shape index (κ2) is 9.78. The van der Waals surface area contributed by atoms with Crippen LogP contribution in [-0.4, -0.2) is 50.0 Å². The highest BCUT2D eigenvalue weighted by Gasteiger charge is 2.38. The maximum absolute atomic E-state index is 13.5. The summed E-state index contributed by atoms with van der Waals surface area (Å²) >= 11 is 0. The van der Waals surface area contributed by atoms with E-state index in [9.17, 15) is 23.2 Å². The summed E-state index contributed by atoms with van der Waals surface area (Å²) in [6, 6.07) is 10.8. The number of pyridine rings is 1. The fourth-order valence-corrected chi connectivity index (χ4v) is 4.79. The van der Waals surface area contributed by atoms with Gasteiger partial charge in [-0.2, -0.15) is 23.4 Å². The SMILES string of the molecule is Cc1c(C(=O)CN2CCCCC2)c2ncc(Cc3noc(C(F)(F)F)n3)cc2n1-c1ccc(C#N)cc1. The molecule has 4 heterocycles. The van der Waals surface area contributed by atoms with Gasteiger partial charge >= 0.3 is 12.1 Å². The average molecular weight is 509 g/mol. The van der Waals surface area contributed by atoms with Gasteiger partial charge in [-0.25, -0.2) is 0 Å². The van der Waals surface area contributed by atoms with Gasteiger partial charge in [-0.3, -0.25) is 14.7 Å². The summed E-state index contributed by atoms with van der Waals surface area (Å²) < 4.78 is 44.8. The molecule has 1 aromatic carbocycles. The van der Waals surface area contributed by atoms with Crippen molar-refractivity contribution in [2.45, 2.75) is 38.8 Å². The Hall–Kier alpha value is -4.04. The van der Waals surface area contributed by atoms with Crippen molar-refractivity contribution < 1.29 is 22.5 Å². The van der Waals surface area contributed by atoms with Gasteiger partial charge in [-0.05, 0) is 68.8 Å². The first kappa shape index (κ1) is 24.6. The standard InChI is InChI=1S/C26H23F3N6O2/c1-16-23(21(36)15-34-9-3-2-4-10-34)24-20(35(16)19-7-5-17(13-30)6-8-19)11-18(14-31-24)12-22-32-25(37-33-22)26(27,28)29/h5-8,11,14H,2-4,9-10,12,15H2,1H3. The summed E-state index contributed by atoms with van der Waals surface area (Å²) in [7, 11) is 0. The quantitative estimate of drug-likeness (QED) is 0.343. The van der Waals surface area contributed by atoms with E-state index >= 15 is 0 Å². The number of hydrogen-bond donors (Lipinski definition) is 0. The van der Waals surface area contributed by atoms with E-state index < -0.39 is 12.1 Å². The predicted octanol–water partition coefficient (Wildman–Crippen LogP) is 4.87. The van der Waals surface area contributed by atoms with Crippen molar-refractivity contribution in [3.05, 3.63) is 70.6 Å². The lowest BCUT2D eigenvalue weighted by molar-refractivity contribution is -0.159. The molecule has 0 unspecified atom stereocenters. The molecule has 0 N–H and O–H groups in total. The number of Topliss-reactive ketones (excluding diaryl/α,β-unsaturated/α-hetero) is 1. The Morgan fingerprint density at radius 2 is 1.89 bits per heavy atom. The molecule has 1 aliphatic heterocycles. The molecule has 3 aromatic heterocycles. The maximum atomic E-state index is 13.5. The molecule has 8 nitrogen and oxygen atoms in total. The van der Waals surface area contributed by atoms with Gasteiger partial charge < -0.3 is 9.09 Å². The second-order valence-corrected chi connectivity index (χ2v) is 9.12. The first-order valence-corrected chi connectivity index (χ1v) is 11.9. The number of nitriles is 1. The minimum atomic E-state index is -4.72. The van der Waals surface area contributed by atoms with Gasteiger partial charge in [0.2, 0.25) is 0 Å². The van der Waals surface area contributed by atoms with Crippen LogP contribution >= 0.6 is 0 Å². The Bertz CT molecular complexity index is 1490. The van der Waals surface area contributed by atoms with Crippen molar-refractivity contribution in [2.24, 2.45) is 0 Å². The fraction of sp³-hybridized carbons (Fsp3) is 0.346. The summed E-state index contributed by atoms with van der Waals surface area (Å²) in [5.41, 5.74) is 4.13. The first-order valence-electron chi connectivity index (χ1n) is 11.9. The number of ketones is 1. The van der Waals surface area contributed by atoms with Crippen molar-refractivity contribution >= 4 is 16.8 Å². The van der Waals surface area contributed by atoms with Gasteiger partial charge in [-0.15, -0.1) is 0 Å². The van der Waals surface area contributed by atoms with E-state index in [1.54, 1.807) is 30.3 Å². The van der Waals surface area contributed by atoms with E-state index in [2.05, 4.69) is 30.6 Å². The number of rotatable bonds is 6. The molecule has 0 spiro atoms. The molecule has 1 fully saturated rings. The van der Waals surface area contributed by atoms with E-state index in [1.165, 1.54) is 6.20 Å². The Kier molecular flexibility index (Phi) is 6.52. The smallest absolute Gasteiger partial charge is 0.329 e. The lowest BCUT2D eigenvalue weighted by Gasteiger charge is -2.25. The topological polar surface area (TPSA) is 101 Å². The van der Waals surface area contributed by atoms with Crippen LogP contribution in [0.5, 0.6) is 0 Å². The Labute approximate surface area is 210 Å². The number of piperidine rings is 1. The monoisotopic (exact) mass is 508 g/mol. The van der Waals surface area contributed by atoms with Crippen LogP contribution in [0.25, 0.3) is 16.7 Å². The van der Waals surface area contributed by atoms with E-state index in [1.807, 2.05) is 11.5 Å². The molecule has 5 rings (SSSR count). The molecule has 0 amide bonds. The average Bonchev–Trinajstić information content (AvgIpc) is 3.46. The molecule has 1 aliphatic rings. The summed E-state index contributed by atoms with van der Waals surface area (Å²) in [5.74, 6) is -1.56. The lowest BCUT2D eigenvalue weighted by atomic mass is 10.1. The summed E-state index contributed by atoms with van der Waals surface area (Å²) in [5, 5.41) is 12.6. The van der Waals surface area contributed by atoms with Crippen LogP contribution in [0.4, 0.5) is 13.2 Å². The van der Waals surface area contributed by atoms with E-state index in [-0.39, 0.29) is 18.0 Å². The van der Waals surface area contributed by atoms with Crippen LogP contribution in [0, 0.1) is 18.3 Å². The van der Waals surface area contributed by atoms with Crippen LogP contribution in [0.1, 0.15) is 58.2 Å². The van der Waals surface area contributed by atoms with Crippen molar-refractivity contribution in [1.82, 2.24) is 24.6 Å². The van der Waals surface area contributed by atoms with Crippen LogP contribution < -0.4 is 0 Å². The van der Waals surface area contributed by atoms with Crippen LogP contribution in [0.3, 0.4) is 0 Å². The van der Waals surface area contributed by atoms with Crippen molar-refractivity contribution in [3.8, 4) is 11.8 Å². The molecule has 4 aromatic rings. The van der Waals surface area contributed by atoms with E-state index in [4.69, 9.17) is 0 Å². The summed E-state index contributed by atoms with van der Waals surface area (Å²) in [6.07, 6.45) is 0.0543. The van der Waals surface area contributed by atoms with Gasteiger partial charge in [0, 0.05) is 24.0 Å². The molecule has 1 saturated heterocycles. The Morgan fingerprint density at radius 3 is 2.54 bits per heavy atom. The zero-order valence-corrected chi connectivity index (χ0v) is 20.0. The third-order valence-corrected chi connectivity index (χ3v) is 6.52. The van der Waals surface area contributed by atoms with Crippen molar-refractivity contribution in [3.63, 3.8) is 0 Å². The number of hydrogen-bond acceptors (Lipinski definition) is 7. The molecular formula is C26H23F3N6O2. The van der Waals surface area contributed by atoms with Crippen LogP contribution in [0.15, 0.2) is 41.1 Å². The molecular weight excluding hydrogens is 485 g/mol. The third-order valence-electron chi connectivity index (χ3n) is 6.52. The summed E-state index contributed by atoms with van der Waals surface area (Å²) in [6.45, 7) is 3.89. The second-order valence-electron chi connectivity index (χ2n) is 9.12. The van der Waals surface area contributed by atoms with Gasteiger partial charge in [-0.1, -0.05) is 11.6 Å². The number of halogens is 3. The maximum Gasteiger partial charge on any atom is 0.471 e. The van der Waals surface area contributed by atoms with Gasteiger partial charge in [0.15, 0.2) is 11.6 Å². The highest BCUT2D eigenvalue weighted by Crippen LogP contribution is 2.31. The zero-order chi connectivity index (χ0) is 26.2. The number of carbonyl (C=O) groups excluding carboxylic acids is 1. The molecule has 11 heteroatoms. The number of carbonyl (C=O) groups is 1. The number of nitrogens with zero attached hydrogens (tertiary/aromatic N) is 6. The molecule has 0 aliphatic carbocycles. The molecule has 37 heavy (non-hydrogen) atoms. The normalized spacial score (nSPS) is 14.7. The fourth-order valence-electron chi connectivity index (χ4n) is 4.79. The first-order chi connectivity index (χ1) is 17.7.